The van der Waals surface area contributed by atoms with Crippen molar-refractivity contribution in [3.63, 3.8) is 0 Å². The van der Waals surface area contributed by atoms with Gasteiger partial charge in [-0.05, 0) is 23.6 Å². The molecule has 3 heteroatoms. The predicted molar refractivity (Wildman–Crippen MR) is 63.6 cm³/mol. The fourth-order valence-corrected chi connectivity index (χ4v) is 1.78. The SMILES string of the molecule is COCC(F)(c1ccc(Br)cc1)C(C)C. The van der Waals surface area contributed by atoms with E-state index in [0.717, 1.165) is 4.47 Å². The molecule has 0 aliphatic carbocycles. The number of rotatable bonds is 4. The Morgan fingerprint density at radius 3 is 2.27 bits per heavy atom. The van der Waals surface area contributed by atoms with Gasteiger partial charge in [0, 0.05) is 11.6 Å². The smallest absolute Gasteiger partial charge is 0.161 e. The Kier molecular flexibility index (Phi) is 4.29. The van der Waals surface area contributed by atoms with E-state index in [2.05, 4.69) is 15.9 Å². The predicted octanol–water partition coefficient (Wildman–Crippen LogP) is 3.92. The summed E-state index contributed by atoms with van der Waals surface area (Å²) in [5, 5.41) is 0. The zero-order valence-electron chi connectivity index (χ0n) is 9.26. The van der Waals surface area contributed by atoms with Gasteiger partial charge < -0.3 is 4.74 Å². The number of hydrogen-bond donors (Lipinski definition) is 0. The molecule has 1 aromatic rings. The molecule has 0 bridgehead atoms. The third-order valence-corrected chi connectivity index (χ3v) is 3.12. The minimum atomic E-state index is -1.41. The van der Waals surface area contributed by atoms with E-state index in [1.165, 1.54) is 7.11 Å². The average Bonchev–Trinajstić information content (AvgIpc) is 2.18. The van der Waals surface area contributed by atoms with Crippen LogP contribution in [0.1, 0.15) is 19.4 Å². The lowest BCUT2D eigenvalue weighted by molar-refractivity contribution is 0.00236. The van der Waals surface area contributed by atoms with Crippen LogP contribution in [0.3, 0.4) is 0 Å². The van der Waals surface area contributed by atoms with Crippen molar-refractivity contribution in [2.24, 2.45) is 5.92 Å². The fourth-order valence-electron chi connectivity index (χ4n) is 1.52. The highest BCUT2D eigenvalue weighted by Gasteiger charge is 2.35. The summed E-state index contributed by atoms with van der Waals surface area (Å²) < 4.78 is 20.6. The van der Waals surface area contributed by atoms with Crippen LogP contribution in [0.2, 0.25) is 0 Å². The quantitative estimate of drug-likeness (QED) is 0.809. The number of ether oxygens (including phenoxy) is 1. The summed E-state index contributed by atoms with van der Waals surface area (Å²) in [7, 11) is 1.52. The second-order valence-corrected chi connectivity index (χ2v) is 4.87. The first-order chi connectivity index (χ1) is 7.00. The molecule has 0 N–H and O–H groups in total. The van der Waals surface area contributed by atoms with Crippen molar-refractivity contribution in [1.82, 2.24) is 0 Å². The number of benzene rings is 1. The summed E-state index contributed by atoms with van der Waals surface area (Å²) in [6.07, 6.45) is 0. The van der Waals surface area contributed by atoms with Crippen LogP contribution >= 0.6 is 15.9 Å². The summed E-state index contributed by atoms with van der Waals surface area (Å²) in [5.74, 6) is -0.112. The molecule has 1 nitrogen and oxygen atoms in total. The Morgan fingerprint density at radius 1 is 1.33 bits per heavy atom. The largest absolute Gasteiger partial charge is 0.381 e. The van der Waals surface area contributed by atoms with Crippen LogP contribution in [-0.4, -0.2) is 13.7 Å². The fraction of sp³-hybridized carbons (Fsp3) is 0.500. The number of methoxy groups -OCH3 is 1. The third kappa shape index (κ3) is 2.79. The van der Waals surface area contributed by atoms with E-state index in [-0.39, 0.29) is 12.5 Å². The first-order valence-electron chi connectivity index (χ1n) is 4.94. The van der Waals surface area contributed by atoms with Crippen LogP contribution in [0.15, 0.2) is 28.7 Å². The number of alkyl halides is 1. The van der Waals surface area contributed by atoms with Crippen LogP contribution in [0.4, 0.5) is 4.39 Å². The van der Waals surface area contributed by atoms with E-state index in [4.69, 9.17) is 4.74 Å². The van der Waals surface area contributed by atoms with E-state index in [9.17, 15) is 4.39 Å². The van der Waals surface area contributed by atoms with E-state index < -0.39 is 5.67 Å². The van der Waals surface area contributed by atoms with Gasteiger partial charge >= 0.3 is 0 Å². The van der Waals surface area contributed by atoms with Gasteiger partial charge in [0.05, 0.1) is 6.61 Å². The molecule has 84 valence electrons. The van der Waals surface area contributed by atoms with Gasteiger partial charge in [-0.25, -0.2) is 4.39 Å². The highest BCUT2D eigenvalue weighted by Crippen LogP contribution is 2.34. The van der Waals surface area contributed by atoms with E-state index in [1.807, 2.05) is 26.0 Å². The maximum Gasteiger partial charge on any atom is 0.161 e. The molecular weight excluding hydrogens is 259 g/mol. The first-order valence-corrected chi connectivity index (χ1v) is 5.74. The highest BCUT2D eigenvalue weighted by atomic mass is 79.9. The van der Waals surface area contributed by atoms with Crippen molar-refractivity contribution >= 4 is 15.9 Å². The Hall–Kier alpha value is -0.410. The van der Waals surface area contributed by atoms with Gasteiger partial charge in [0.2, 0.25) is 0 Å². The van der Waals surface area contributed by atoms with Crippen LogP contribution in [-0.2, 0) is 10.4 Å². The van der Waals surface area contributed by atoms with E-state index in [1.54, 1.807) is 12.1 Å². The van der Waals surface area contributed by atoms with Crippen molar-refractivity contribution in [2.75, 3.05) is 13.7 Å². The molecule has 0 spiro atoms. The van der Waals surface area contributed by atoms with Crippen LogP contribution in [0, 0.1) is 5.92 Å². The van der Waals surface area contributed by atoms with Crippen LogP contribution in [0.25, 0.3) is 0 Å². The zero-order valence-corrected chi connectivity index (χ0v) is 10.8. The summed E-state index contributed by atoms with van der Waals surface area (Å²) >= 11 is 3.33. The van der Waals surface area contributed by atoms with Gasteiger partial charge in [-0.2, -0.15) is 0 Å². The lowest BCUT2D eigenvalue weighted by Gasteiger charge is -2.29. The van der Waals surface area contributed by atoms with Gasteiger partial charge in [-0.15, -0.1) is 0 Å². The Labute approximate surface area is 98.8 Å². The molecule has 15 heavy (non-hydrogen) atoms. The molecule has 1 rings (SSSR count). The standard InChI is InChI=1S/C12H16BrFO/c1-9(2)12(14,8-15-3)10-4-6-11(13)7-5-10/h4-7,9H,8H2,1-3H3. The summed E-state index contributed by atoms with van der Waals surface area (Å²) in [4.78, 5) is 0. The lowest BCUT2D eigenvalue weighted by Crippen LogP contribution is -2.32. The van der Waals surface area contributed by atoms with Crippen molar-refractivity contribution < 1.29 is 9.13 Å². The Bertz CT molecular complexity index is 310. The molecule has 0 aliphatic rings. The summed E-state index contributed by atoms with van der Waals surface area (Å²) in [6.45, 7) is 3.81. The second-order valence-electron chi connectivity index (χ2n) is 3.96. The van der Waals surface area contributed by atoms with E-state index in [0.29, 0.717) is 5.56 Å². The molecule has 0 heterocycles. The molecule has 0 saturated heterocycles. The molecule has 1 aromatic carbocycles. The molecule has 0 aliphatic heterocycles. The van der Waals surface area contributed by atoms with Crippen molar-refractivity contribution in [2.45, 2.75) is 19.5 Å². The van der Waals surface area contributed by atoms with Crippen molar-refractivity contribution in [3.05, 3.63) is 34.3 Å². The van der Waals surface area contributed by atoms with Gasteiger partial charge in [0.25, 0.3) is 0 Å². The van der Waals surface area contributed by atoms with Crippen LogP contribution in [0.5, 0.6) is 0 Å². The van der Waals surface area contributed by atoms with Gasteiger partial charge in [-0.1, -0.05) is 41.9 Å². The maximum atomic E-state index is 14.6. The minimum Gasteiger partial charge on any atom is -0.381 e. The van der Waals surface area contributed by atoms with E-state index >= 15 is 0 Å². The molecule has 1 unspecified atom stereocenters. The zero-order chi connectivity index (χ0) is 11.5. The lowest BCUT2D eigenvalue weighted by atomic mass is 9.86. The second kappa shape index (κ2) is 5.08. The Balaban J connectivity index is 3.04. The topological polar surface area (TPSA) is 9.23 Å². The third-order valence-electron chi connectivity index (χ3n) is 2.59. The van der Waals surface area contributed by atoms with Crippen molar-refractivity contribution in [1.29, 1.82) is 0 Å². The number of hydrogen-bond acceptors (Lipinski definition) is 1. The first kappa shape index (κ1) is 12.7. The van der Waals surface area contributed by atoms with Gasteiger partial charge in [0.15, 0.2) is 5.67 Å². The monoisotopic (exact) mass is 274 g/mol. The average molecular weight is 275 g/mol. The van der Waals surface area contributed by atoms with Crippen LogP contribution < -0.4 is 0 Å². The van der Waals surface area contributed by atoms with Crippen molar-refractivity contribution in [3.8, 4) is 0 Å². The molecule has 0 saturated carbocycles. The highest BCUT2D eigenvalue weighted by molar-refractivity contribution is 9.10. The molecule has 0 amide bonds. The summed E-state index contributed by atoms with van der Waals surface area (Å²) in [5.41, 5.74) is -0.738. The molecule has 0 radical (unpaired) electrons. The normalized spacial score (nSPS) is 15.3. The summed E-state index contributed by atoms with van der Waals surface area (Å²) in [6, 6.07) is 7.29. The molecule has 0 aromatic heterocycles. The molecule has 0 fully saturated rings. The number of halogens is 2. The molecule has 1 atom stereocenters. The van der Waals surface area contributed by atoms with Gasteiger partial charge in [0.1, 0.15) is 0 Å². The van der Waals surface area contributed by atoms with Gasteiger partial charge in [-0.3, -0.25) is 0 Å². The Morgan fingerprint density at radius 2 is 1.87 bits per heavy atom. The molecular formula is C12H16BrFO. The maximum absolute atomic E-state index is 14.6. The minimum absolute atomic E-state index is 0.0896.